The lowest BCUT2D eigenvalue weighted by Crippen LogP contribution is -2.42. The first-order valence-electron chi connectivity index (χ1n) is 6.67. The Balaban J connectivity index is 2.71. The van der Waals surface area contributed by atoms with Gasteiger partial charge in [-0.3, -0.25) is 4.90 Å². The third-order valence-corrected chi connectivity index (χ3v) is 2.72. The number of carbonyl (C=O) groups is 2. The molecule has 0 saturated heterocycles. The van der Waals surface area contributed by atoms with Crippen molar-refractivity contribution in [2.45, 2.75) is 6.92 Å². The number of carboxylic acid groups (broad SMARTS) is 1. The summed E-state index contributed by atoms with van der Waals surface area (Å²) >= 11 is 0. The summed E-state index contributed by atoms with van der Waals surface area (Å²) < 4.78 is 5.12. The zero-order chi connectivity index (χ0) is 15.7. The topological polar surface area (TPSA) is 99.1 Å². The highest BCUT2D eigenvalue weighted by atomic mass is 16.5. The lowest BCUT2D eigenvalue weighted by molar-refractivity contribution is 0.0697. The van der Waals surface area contributed by atoms with Crippen LogP contribution in [0.25, 0.3) is 0 Å². The highest BCUT2D eigenvalue weighted by molar-refractivity contribution is 5.93. The Morgan fingerprint density at radius 3 is 2.48 bits per heavy atom. The number of hydrogen-bond donors (Lipinski definition) is 3. The number of ether oxygens (including phenoxy) is 1. The van der Waals surface area contributed by atoms with E-state index in [0.717, 1.165) is 0 Å². The second kappa shape index (κ2) is 8.93. The van der Waals surface area contributed by atoms with Crippen LogP contribution in [-0.4, -0.2) is 55.1 Å². The average molecular weight is 296 g/mol. The number of carbonyl (C=O) groups excluding carboxylic acids is 1. The zero-order valence-corrected chi connectivity index (χ0v) is 11.9. The van der Waals surface area contributed by atoms with Gasteiger partial charge >= 0.3 is 12.0 Å². The number of urea groups is 1. The Morgan fingerprint density at radius 1 is 1.29 bits per heavy atom. The third-order valence-electron chi connectivity index (χ3n) is 2.72. The molecule has 0 bridgehead atoms. The predicted molar refractivity (Wildman–Crippen MR) is 77.7 cm³/mol. The molecule has 21 heavy (non-hydrogen) atoms. The monoisotopic (exact) mass is 296 g/mol. The fourth-order valence-corrected chi connectivity index (χ4v) is 1.70. The molecule has 0 fully saturated rings. The lowest BCUT2D eigenvalue weighted by atomic mass is 10.2. The van der Waals surface area contributed by atoms with E-state index in [4.69, 9.17) is 14.9 Å². The maximum atomic E-state index is 12.0. The fourth-order valence-electron chi connectivity index (χ4n) is 1.70. The van der Waals surface area contributed by atoms with E-state index >= 15 is 0 Å². The van der Waals surface area contributed by atoms with Crippen LogP contribution in [0.3, 0.4) is 0 Å². The molecule has 0 saturated carbocycles. The number of hydrogen-bond acceptors (Lipinski definition) is 4. The average Bonchev–Trinajstić information content (AvgIpc) is 2.49. The van der Waals surface area contributed by atoms with Crippen molar-refractivity contribution >= 4 is 17.7 Å². The molecule has 0 heterocycles. The molecule has 0 aromatic heterocycles. The van der Waals surface area contributed by atoms with Gasteiger partial charge in [0.05, 0.1) is 25.3 Å². The van der Waals surface area contributed by atoms with Crippen LogP contribution in [0.15, 0.2) is 24.3 Å². The molecule has 0 atom stereocenters. The minimum absolute atomic E-state index is 0.118. The van der Waals surface area contributed by atoms with Crippen molar-refractivity contribution in [1.82, 2.24) is 5.32 Å². The smallest absolute Gasteiger partial charge is 0.335 e. The van der Waals surface area contributed by atoms with E-state index < -0.39 is 5.97 Å². The van der Waals surface area contributed by atoms with E-state index in [0.29, 0.717) is 25.4 Å². The maximum absolute atomic E-state index is 12.0. The van der Waals surface area contributed by atoms with Crippen LogP contribution in [0.2, 0.25) is 0 Å². The highest BCUT2D eigenvalue weighted by Crippen LogP contribution is 2.15. The Hall–Kier alpha value is -2.12. The molecule has 2 amide bonds. The van der Waals surface area contributed by atoms with Gasteiger partial charge in [-0.1, -0.05) is 0 Å². The zero-order valence-electron chi connectivity index (χ0n) is 11.9. The number of benzene rings is 1. The standard InChI is InChI=1S/C14H20N2O5/c1-2-21-10-7-15-14(20)16(8-9-17)12-5-3-11(4-6-12)13(18)19/h3-6,17H,2,7-10H2,1H3,(H,15,20)(H,18,19). The molecule has 7 nitrogen and oxygen atoms in total. The van der Waals surface area contributed by atoms with Gasteiger partial charge in [0.2, 0.25) is 0 Å². The molecule has 0 aliphatic heterocycles. The van der Waals surface area contributed by atoms with Gasteiger partial charge in [-0.25, -0.2) is 9.59 Å². The summed E-state index contributed by atoms with van der Waals surface area (Å²) in [6, 6.07) is 5.51. The first-order valence-corrected chi connectivity index (χ1v) is 6.67. The summed E-state index contributed by atoms with van der Waals surface area (Å²) in [5.74, 6) is -1.03. The number of aromatic carboxylic acids is 1. The maximum Gasteiger partial charge on any atom is 0.335 e. The van der Waals surface area contributed by atoms with Crippen molar-refractivity contribution in [1.29, 1.82) is 0 Å². The van der Waals surface area contributed by atoms with Crippen LogP contribution in [0, 0.1) is 0 Å². The third kappa shape index (κ3) is 5.41. The molecular weight excluding hydrogens is 276 g/mol. The molecule has 1 aromatic carbocycles. The molecule has 7 heteroatoms. The van der Waals surface area contributed by atoms with E-state index in [1.807, 2.05) is 6.92 Å². The molecule has 0 unspecified atom stereocenters. The summed E-state index contributed by atoms with van der Waals surface area (Å²) in [6.07, 6.45) is 0. The minimum Gasteiger partial charge on any atom is -0.478 e. The van der Waals surface area contributed by atoms with Crippen molar-refractivity contribution < 1.29 is 24.5 Å². The van der Waals surface area contributed by atoms with E-state index in [1.165, 1.54) is 29.2 Å². The molecule has 1 aromatic rings. The molecule has 0 aliphatic rings. The summed E-state index contributed by atoms with van der Waals surface area (Å²) in [7, 11) is 0. The Kier molecular flexibility index (Phi) is 7.20. The van der Waals surface area contributed by atoms with Gasteiger partial charge in [0.15, 0.2) is 0 Å². The van der Waals surface area contributed by atoms with Crippen LogP contribution in [0.5, 0.6) is 0 Å². The highest BCUT2D eigenvalue weighted by Gasteiger charge is 2.15. The van der Waals surface area contributed by atoms with Gasteiger partial charge in [0, 0.05) is 18.8 Å². The summed E-state index contributed by atoms with van der Waals surface area (Å²) in [5.41, 5.74) is 0.655. The number of rotatable bonds is 8. The van der Waals surface area contributed by atoms with E-state index in [-0.39, 0.29) is 24.7 Å². The fraction of sp³-hybridized carbons (Fsp3) is 0.429. The Morgan fingerprint density at radius 2 is 1.95 bits per heavy atom. The second-order valence-corrected chi connectivity index (χ2v) is 4.16. The number of nitrogens with zero attached hydrogens (tertiary/aromatic N) is 1. The van der Waals surface area contributed by atoms with Gasteiger partial charge < -0.3 is 20.3 Å². The van der Waals surface area contributed by atoms with Crippen LogP contribution < -0.4 is 10.2 Å². The Labute approximate surface area is 123 Å². The molecule has 1 rings (SSSR count). The van der Waals surface area contributed by atoms with Crippen LogP contribution >= 0.6 is 0 Å². The van der Waals surface area contributed by atoms with Crippen molar-refractivity contribution in [3.63, 3.8) is 0 Å². The first-order chi connectivity index (χ1) is 10.1. The molecule has 3 N–H and O–H groups in total. The van der Waals surface area contributed by atoms with Crippen molar-refractivity contribution in [3.8, 4) is 0 Å². The van der Waals surface area contributed by atoms with Gasteiger partial charge in [0.25, 0.3) is 0 Å². The van der Waals surface area contributed by atoms with E-state index in [2.05, 4.69) is 5.32 Å². The van der Waals surface area contributed by atoms with Crippen LogP contribution in [-0.2, 0) is 4.74 Å². The van der Waals surface area contributed by atoms with E-state index in [9.17, 15) is 9.59 Å². The van der Waals surface area contributed by atoms with Gasteiger partial charge in [-0.15, -0.1) is 0 Å². The van der Waals surface area contributed by atoms with E-state index in [1.54, 1.807) is 0 Å². The van der Waals surface area contributed by atoms with Gasteiger partial charge in [-0.05, 0) is 31.2 Å². The normalized spacial score (nSPS) is 10.2. The lowest BCUT2D eigenvalue weighted by Gasteiger charge is -2.22. The quantitative estimate of drug-likeness (QED) is 0.620. The SMILES string of the molecule is CCOCCNC(=O)N(CCO)c1ccc(C(=O)O)cc1. The van der Waals surface area contributed by atoms with Crippen molar-refractivity contribution in [2.75, 3.05) is 37.8 Å². The summed E-state index contributed by atoms with van der Waals surface area (Å²) in [4.78, 5) is 24.2. The van der Waals surface area contributed by atoms with Gasteiger partial charge in [0.1, 0.15) is 0 Å². The second-order valence-electron chi connectivity index (χ2n) is 4.16. The number of aliphatic hydroxyl groups is 1. The number of nitrogens with one attached hydrogen (secondary N) is 1. The number of amides is 2. The first kappa shape index (κ1) is 16.9. The predicted octanol–water partition coefficient (Wildman–Crippen LogP) is 0.930. The Bertz CT molecular complexity index is 461. The van der Waals surface area contributed by atoms with Crippen molar-refractivity contribution in [3.05, 3.63) is 29.8 Å². The minimum atomic E-state index is -1.03. The number of anilines is 1. The molecule has 0 radical (unpaired) electrons. The number of carboxylic acids is 1. The molecule has 0 aliphatic carbocycles. The van der Waals surface area contributed by atoms with Crippen LogP contribution in [0.4, 0.5) is 10.5 Å². The summed E-state index contributed by atoms with van der Waals surface area (Å²) in [6.45, 7) is 3.14. The molecule has 116 valence electrons. The van der Waals surface area contributed by atoms with Gasteiger partial charge in [-0.2, -0.15) is 0 Å². The largest absolute Gasteiger partial charge is 0.478 e. The molecular formula is C14H20N2O5. The summed E-state index contributed by atoms with van der Waals surface area (Å²) in [5, 5.41) is 20.6. The number of aliphatic hydroxyl groups excluding tert-OH is 1. The van der Waals surface area contributed by atoms with Crippen LogP contribution in [0.1, 0.15) is 17.3 Å². The molecule has 0 spiro atoms. The van der Waals surface area contributed by atoms with Crippen molar-refractivity contribution in [2.24, 2.45) is 0 Å².